The number of amides is 1. The molecular weight excluding hydrogens is 1690 g/mol. The van der Waals surface area contributed by atoms with Crippen molar-refractivity contribution in [3.05, 3.63) is 28.0 Å². The molecule has 45 nitrogen and oxygen atoms in total. The zero-order valence-electron chi connectivity index (χ0n) is 63.1. The SMILES string of the molecule is CC.CCNS(C)(=O)=O.CS(=O)(=O)NCCCCCCCCC(=O)[O-].CS(=O)(=O)NCCCCCCCCCCC(=O)[O-].CS(=O)(=O)ON.CS(=O)(=O)[O-].CS(=O)(=O)[O-].CS(=O)(=O)[O-].Cc1nc(CNS(C)(=O)=O)nc(NC(=O)[O-])n1.Cc1nc(NS(C)(=O)=O)nc(=O)[nH]1.O=S([O-])[O-].[Na+].[Na+].[Na+].[Na+].[Na+].[Na+].[Na+]. The smallest absolute Gasteiger partial charge is 0.784 e. The molecule has 0 unspecified atom stereocenters. The molecule has 2 aromatic rings. The van der Waals surface area contributed by atoms with Gasteiger partial charge < -0.3 is 57.8 Å². The number of rotatable bonds is 31. The first-order valence-electron chi connectivity index (χ1n) is 27.2. The molecule has 0 fully saturated rings. The molecule has 0 aliphatic carbocycles. The van der Waals surface area contributed by atoms with Crippen molar-refractivity contribution in [1.82, 2.24) is 48.8 Å². The molecule has 0 atom stereocenters. The number of hydrogen-bond acceptors (Lipinski definition) is 38. The molecule has 0 bridgehead atoms. The average Bonchev–Trinajstić information content (AvgIpc) is 0.880. The van der Waals surface area contributed by atoms with Gasteiger partial charge in [0.2, 0.25) is 62.0 Å². The van der Waals surface area contributed by atoms with Crippen LogP contribution in [-0.4, -0.2) is 227 Å². The molecule has 0 radical (unpaired) electrons. The van der Waals surface area contributed by atoms with Crippen molar-refractivity contribution in [1.29, 1.82) is 0 Å². The van der Waals surface area contributed by atoms with Gasteiger partial charge >= 0.3 is 213 Å². The van der Waals surface area contributed by atoms with Gasteiger partial charge in [-0.25, -0.2) is 96.0 Å². The second kappa shape index (κ2) is 82.6. The molecule has 588 valence electrons. The first-order valence-corrected chi connectivity index (χ1v) is 44.9. The Hall–Kier alpha value is 2.09. The first-order chi connectivity index (χ1) is 43.8. The maximum atomic E-state index is 10.9. The number of carboxylic acids is 2. The number of nitrogens with one attached hydrogen (secondary N) is 7. The van der Waals surface area contributed by atoms with E-state index in [2.05, 4.69) is 59.0 Å². The van der Waals surface area contributed by atoms with E-state index in [-0.39, 0.29) is 250 Å². The van der Waals surface area contributed by atoms with Gasteiger partial charge in [-0.15, -0.1) is 11.4 Å². The van der Waals surface area contributed by atoms with Crippen molar-refractivity contribution in [2.75, 3.05) is 86.0 Å². The summed E-state index contributed by atoms with van der Waals surface area (Å²) in [6.07, 6.45) is 20.1. The Kier molecular flexibility index (Phi) is 114. The number of anilines is 2. The molecule has 62 heteroatoms. The molecule has 0 aliphatic heterocycles. The van der Waals surface area contributed by atoms with E-state index in [1.54, 1.807) is 6.92 Å². The standard InChI is InChI=1S/C12H25NO4S.C10H21NO4S.C7H11N5O4S.C5H8N4O3S.C3H9NO2S.C2H6.CH5NO3S.3CH4O3S.7Na.H2O3S/c1-18(16,17)13-11-9-7-5-3-2-4-6-8-10-12(14)15;1-16(14,15)11-9-7-5-3-2-4-6-8-10(12)13;1-4-9-5(3-8-17(2,15)16)11-6(10-4)12-7(13)14;1-3-6-4(8-5(10)7-3)9-13(2,11)12;1-3-4-7(2,5)6;1-2;1-6(3,4)5-2;3*1-5(2,3)4;;;;;;;;1-4(2)3/h13H,2-11H2,1H3,(H,14,15);11H,2-9H2,1H3,(H,12,13);8H,3H2,1-2H3,(H,13,14)(H,9,10,11,12);1-2H3,(H2,6,7,8,9,10);4H,3H2,1-2H3;1-2H3;2H2,1H3;3*1H3,(H,2,3,4);;;;;;;;(H2,1,2,3)/q;;;;;;;;;;7*+1;/p-8. The van der Waals surface area contributed by atoms with Crippen LogP contribution < -0.4 is 263 Å². The first kappa shape index (κ1) is 145. The van der Waals surface area contributed by atoms with Crippen molar-refractivity contribution in [3.8, 4) is 0 Å². The van der Waals surface area contributed by atoms with Gasteiger partial charge in [0.05, 0.1) is 74.4 Å². The van der Waals surface area contributed by atoms with E-state index < -0.39 is 126 Å². The van der Waals surface area contributed by atoms with Crippen LogP contribution in [0.5, 0.6) is 0 Å². The Morgan fingerprint density at radius 3 is 0.952 bits per heavy atom. The number of unbranched alkanes of at least 4 members (excludes halogenated alkanes) is 12. The van der Waals surface area contributed by atoms with Gasteiger partial charge in [0.25, 0.3) is 10.1 Å². The minimum atomic E-state index is -3.92. The number of H-pyrrole nitrogens is 1. The van der Waals surface area contributed by atoms with Gasteiger partial charge in [-0.3, -0.25) is 13.9 Å². The van der Waals surface area contributed by atoms with Crippen molar-refractivity contribution in [2.45, 2.75) is 144 Å². The van der Waals surface area contributed by atoms with E-state index in [0.29, 0.717) is 57.1 Å². The Balaban J connectivity index is -0.0000000616. The second-order valence-electron chi connectivity index (χ2n) is 18.5. The molecular formula is C43H91N13Na7O32S10-. The Morgan fingerprint density at radius 2 is 0.733 bits per heavy atom. The molecule has 2 rings (SSSR count). The Morgan fingerprint density at radius 1 is 0.457 bits per heavy atom. The summed E-state index contributed by atoms with van der Waals surface area (Å²) < 4.78 is 247. The molecule has 9 N–H and O–H groups in total. The van der Waals surface area contributed by atoms with Crippen LogP contribution in [0.15, 0.2) is 4.79 Å². The zero-order valence-corrected chi connectivity index (χ0v) is 85.3. The number of sulfonamides is 5. The third kappa shape index (κ3) is 199. The molecule has 1 amide bonds. The van der Waals surface area contributed by atoms with E-state index in [9.17, 15) is 85.0 Å². The average molecular weight is 1780 g/mol. The van der Waals surface area contributed by atoms with E-state index in [1.807, 2.05) is 23.9 Å². The molecule has 2 heterocycles. The molecule has 0 aromatic carbocycles. The van der Waals surface area contributed by atoms with Gasteiger partial charge in [0, 0.05) is 50.3 Å². The molecule has 0 saturated heterocycles. The van der Waals surface area contributed by atoms with Crippen molar-refractivity contribution < 1.29 is 344 Å². The van der Waals surface area contributed by atoms with Crippen LogP contribution in [0, 0.1) is 13.8 Å². The zero-order chi connectivity index (χ0) is 79.6. The fourth-order valence-corrected chi connectivity index (χ4v) is 7.36. The van der Waals surface area contributed by atoms with Gasteiger partial charge in [-0.05, 0) is 52.4 Å². The minimum Gasteiger partial charge on any atom is -0.784 e. The number of hydrogen-bond donors (Lipinski definition) is 8. The number of carboxylic acid groups (broad SMARTS) is 3. The quantitative estimate of drug-likeness (QED) is 0.0114. The van der Waals surface area contributed by atoms with Crippen LogP contribution in [-0.2, 0) is 122 Å². The number of nitrogens with zero attached hydrogens (tertiary/aromatic N) is 5. The summed E-state index contributed by atoms with van der Waals surface area (Å²) in [4.78, 5) is 61.7. The number of aryl methyl sites for hydroxylation is 2. The van der Waals surface area contributed by atoms with Crippen LogP contribution >= 0.6 is 0 Å². The third-order valence-electron chi connectivity index (χ3n) is 7.97. The summed E-state index contributed by atoms with van der Waals surface area (Å²) in [6.45, 7) is 10.1. The summed E-state index contributed by atoms with van der Waals surface area (Å²) in [7, 11) is -31.0. The number of aliphatic carboxylic acids is 2. The van der Waals surface area contributed by atoms with E-state index in [0.717, 1.165) is 108 Å². The summed E-state index contributed by atoms with van der Waals surface area (Å²) in [5.74, 6) is 2.50. The second-order valence-corrected chi connectivity index (χ2v) is 33.8. The topological polar surface area (TPSA) is 765 Å². The predicted octanol–water partition coefficient (Wildman–Crippen LogP) is -27.4. The largest absolute Gasteiger partial charge is 1.00 e. The van der Waals surface area contributed by atoms with Gasteiger partial charge in [0.1, 0.15) is 23.6 Å². The summed E-state index contributed by atoms with van der Waals surface area (Å²) >= 11 is -3.11. The van der Waals surface area contributed by atoms with Crippen molar-refractivity contribution >= 4 is 132 Å². The monoisotopic (exact) mass is 1780 g/mol. The van der Waals surface area contributed by atoms with E-state index in [4.69, 9.17) is 52.2 Å². The predicted molar refractivity (Wildman–Crippen MR) is 347 cm³/mol. The molecule has 105 heavy (non-hydrogen) atoms. The maximum absolute atomic E-state index is 10.9. The van der Waals surface area contributed by atoms with Crippen molar-refractivity contribution in [3.63, 3.8) is 0 Å². The fraction of sp³-hybridized carbons (Fsp3) is 0.791. The van der Waals surface area contributed by atoms with Crippen molar-refractivity contribution in [2.24, 2.45) is 5.90 Å². The van der Waals surface area contributed by atoms with E-state index in [1.165, 1.54) is 20.1 Å². The number of carbonyl (C=O) groups is 3. The number of carbonyl (C=O) groups excluding carboxylic acids is 3. The van der Waals surface area contributed by atoms with Gasteiger partial charge in [-0.2, -0.15) is 38.5 Å². The minimum absolute atomic E-state index is 0. The van der Waals surface area contributed by atoms with Crippen LogP contribution in [0.3, 0.4) is 0 Å². The van der Waals surface area contributed by atoms with Crippen LogP contribution in [0.1, 0.15) is 141 Å². The number of nitrogens with two attached hydrogens (primary N) is 1. The Labute approximate surface area is 776 Å². The molecule has 2 aromatic heterocycles. The summed E-state index contributed by atoms with van der Waals surface area (Å²) in [5.41, 5.74) is -0.640. The Bertz CT molecular complexity index is 3600. The van der Waals surface area contributed by atoms with Gasteiger partial charge in [-0.1, -0.05) is 85.0 Å². The number of aromatic amines is 1. The normalized spacial score (nSPS) is 10.4. The molecule has 0 spiro atoms. The summed E-state index contributed by atoms with van der Waals surface area (Å²) in [5, 5.41) is 32.4. The van der Waals surface area contributed by atoms with Crippen LogP contribution in [0.2, 0.25) is 0 Å². The van der Waals surface area contributed by atoms with Crippen LogP contribution in [0.4, 0.5) is 16.7 Å². The molecule has 0 aliphatic rings. The summed E-state index contributed by atoms with van der Waals surface area (Å²) in [6, 6.07) is 0. The van der Waals surface area contributed by atoms with E-state index >= 15 is 0 Å². The maximum Gasteiger partial charge on any atom is 1.00 e. The molecule has 0 saturated carbocycles. The third-order valence-corrected chi connectivity index (χ3v) is 11.8. The van der Waals surface area contributed by atoms with Crippen LogP contribution in [0.25, 0.3) is 0 Å². The fourth-order valence-electron chi connectivity index (χ4n) is 5.00. The number of aromatic nitrogens is 6. The van der Waals surface area contributed by atoms with Gasteiger partial charge in [0.15, 0.2) is 0 Å².